The first-order valence-corrected chi connectivity index (χ1v) is 7.64. The highest BCUT2D eigenvalue weighted by molar-refractivity contribution is 5.84. The van der Waals surface area contributed by atoms with Crippen LogP contribution in [0.1, 0.15) is 12.5 Å². The number of carbonyl (C=O) groups is 1. The normalized spacial score (nSPS) is 10.4. The standard InChI is InChI=1S/C18H21N3O3/c1-3-24-15-10-8-14(9-11-15)12-20-21-18(22)13-19-16-6-4-5-7-17(16)23-2/h4-12,19H,3,13H2,1-2H3,(H,21,22)/b20-12-. The number of amides is 1. The summed E-state index contributed by atoms with van der Waals surface area (Å²) in [5.41, 5.74) is 4.10. The number of hydrogen-bond acceptors (Lipinski definition) is 5. The summed E-state index contributed by atoms with van der Waals surface area (Å²) in [4.78, 5) is 11.8. The number of hydrazone groups is 1. The number of rotatable bonds is 8. The second kappa shape index (κ2) is 9.19. The van der Waals surface area contributed by atoms with Gasteiger partial charge in [-0.2, -0.15) is 5.10 Å². The third kappa shape index (κ3) is 5.31. The Hall–Kier alpha value is -3.02. The summed E-state index contributed by atoms with van der Waals surface area (Å²) in [6.07, 6.45) is 1.58. The third-order valence-electron chi connectivity index (χ3n) is 3.14. The first-order valence-electron chi connectivity index (χ1n) is 7.64. The number of ether oxygens (including phenoxy) is 2. The van der Waals surface area contributed by atoms with Gasteiger partial charge in [0, 0.05) is 0 Å². The summed E-state index contributed by atoms with van der Waals surface area (Å²) in [6, 6.07) is 14.9. The van der Waals surface area contributed by atoms with Gasteiger partial charge in [-0.1, -0.05) is 12.1 Å². The molecule has 0 saturated heterocycles. The molecule has 0 saturated carbocycles. The Morgan fingerprint density at radius 1 is 1.17 bits per heavy atom. The molecule has 0 aromatic heterocycles. The highest BCUT2D eigenvalue weighted by atomic mass is 16.5. The molecule has 2 rings (SSSR count). The number of carbonyl (C=O) groups excluding carboxylic acids is 1. The average Bonchev–Trinajstić information content (AvgIpc) is 2.62. The Bertz CT molecular complexity index is 684. The van der Waals surface area contributed by atoms with E-state index in [2.05, 4.69) is 15.8 Å². The molecule has 0 heterocycles. The first-order chi connectivity index (χ1) is 11.7. The second-order valence-electron chi connectivity index (χ2n) is 4.85. The number of nitrogens with zero attached hydrogens (tertiary/aromatic N) is 1. The minimum absolute atomic E-state index is 0.0982. The van der Waals surface area contributed by atoms with E-state index in [-0.39, 0.29) is 12.5 Å². The van der Waals surface area contributed by atoms with Crippen molar-refractivity contribution in [1.82, 2.24) is 5.43 Å². The number of benzene rings is 2. The molecule has 0 fully saturated rings. The zero-order chi connectivity index (χ0) is 17.2. The van der Waals surface area contributed by atoms with Gasteiger partial charge in [-0.25, -0.2) is 5.43 Å². The Morgan fingerprint density at radius 2 is 1.92 bits per heavy atom. The average molecular weight is 327 g/mol. The van der Waals surface area contributed by atoms with Crippen molar-refractivity contribution in [1.29, 1.82) is 0 Å². The van der Waals surface area contributed by atoms with Crippen molar-refractivity contribution < 1.29 is 14.3 Å². The van der Waals surface area contributed by atoms with E-state index in [9.17, 15) is 4.79 Å². The fraction of sp³-hybridized carbons (Fsp3) is 0.222. The molecular weight excluding hydrogens is 306 g/mol. The summed E-state index contributed by atoms with van der Waals surface area (Å²) in [5.74, 6) is 1.24. The summed E-state index contributed by atoms with van der Waals surface area (Å²) < 4.78 is 10.6. The molecule has 0 aliphatic rings. The van der Waals surface area contributed by atoms with Crippen LogP contribution >= 0.6 is 0 Å². The quantitative estimate of drug-likeness (QED) is 0.577. The Balaban J connectivity index is 1.80. The maximum Gasteiger partial charge on any atom is 0.259 e. The van der Waals surface area contributed by atoms with Crippen LogP contribution in [0.15, 0.2) is 53.6 Å². The van der Waals surface area contributed by atoms with Crippen molar-refractivity contribution in [2.24, 2.45) is 5.10 Å². The molecule has 0 aliphatic carbocycles. The van der Waals surface area contributed by atoms with Gasteiger partial charge in [-0.05, 0) is 48.9 Å². The van der Waals surface area contributed by atoms with Crippen LogP contribution in [0, 0.1) is 0 Å². The largest absolute Gasteiger partial charge is 0.495 e. The minimum atomic E-state index is -0.247. The highest BCUT2D eigenvalue weighted by Gasteiger charge is 2.03. The zero-order valence-electron chi connectivity index (χ0n) is 13.8. The van der Waals surface area contributed by atoms with Crippen molar-refractivity contribution >= 4 is 17.8 Å². The lowest BCUT2D eigenvalue weighted by molar-refractivity contribution is -0.119. The maximum absolute atomic E-state index is 11.8. The Kier molecular flexibility index (Phi) is 6.64. The smallest absolute Gasteiger partial charge is 0.259 e. The lowest BCUT2D eigenvalue weighted by atomic mass is 10.2. The molecule has 0 unspecified atom stereocenters. The van der Waals surface area contributed by atoms with E-state index < -0.39 is 0 Å². The predicted molar refractivity (Wildman–Crippen MR) is 94.8 cm³/mol. The van der Waals surface area contributed by atoms with Gasteiger partial charge in [-0.15, -0.1) is 0 Å². The van der Waals surface area contributed by atoms with Crippen molar-refractivity contribution in [3.63, 3.8) is 0 Å². The van der Waals surface area contributed by atoms with Crippen LogP contribution in [0.4, 0.5) is 5.69 Å². The molecule has 2 aromatic carbocycles. The van der Waals surface area contributed by atoms with Gasteiger partial charge in [-0.3, -0.25) is 4.79 Å². The van der Waals surface area contributed by atoms with E-state index in [4.69, 9.17) is 9.47 Å². The summed E-state index contributed by atoms with van der Waals surface area (Å²) in [7, 11) is 1.59. The number of anilines is 1. The van der Waals surface area contributed by atoms with Crippen LogP contribution in [0.2, 0.25) is 0 Å². The van der Waals surface area contributed by atoms with Gasteiger partial charge >= 0.3 is 0 Å². The molecule has 6 heteroatoms. The summed E-state index contributed by atoms with van der Waals surface area (Å²) in [5, 5.41) is 6.94. The molecule has 0 atom stereocenters. The first kappa shape index (κ1) is 17.3. The molecule has 6 nitrogen and oxygen atoms in total. The van der Waals surface area contributed by atoms with Crippen LogP contribution in [0.3, 0.4) is 0 Å². The molecule has 0 bridgehead atoms. The van der Waals surface area contributed by atoms with Crippen LogP contribution in [-0.4, -0.2) is 32.4 Å². The van der Waals surface area contributed by atoms with Gasteiger partial charge in [0.2, 0.25) is 0 Å². The van der Waals surface area contributed by atoms with Crippen LogP contribution < -0.4 is 20.2 Å². The maximum atomic E-state index is 11.8. The van der Waals surface area contributed by atoms with Crippen LogP contribution in [-0.2, 0) is 4.79 Å². The molecule has 2 N–H and O–H groups in total. The van der Waals surface area contributed by atoms with Gasteiger partial charge in [0.25, 0.3) is 5.91 Å². The van der Waals surface area contributed by atoms with E-state index in [0.29, 0.717) is 12.4 Å². The molecule has 24 heavy (non-hydrogen) atoms. The van der Waals surface area contributed by atoms with Crippen molar-refractivity contribution in [3.05, 3.63) is 54.1 Å². The van der Waals surface area contributed by atoms with Gasteiger partial charge in [0.05, 0.1) is 32.2 Å². The van der Waals surface area contributed by atoms with E-state index in [1.165, 1.54) is 0 Å². The topological polar surface area (TPSA) is 72.0 Å². The van der Waals surface area contributed by atoms with E-state index in [1.54, 1.807) is 13.3 Å². The van der Waals surface area contributed by atoms with Gasteiger partial charge in [0.1, 0.15) is 11.5 Å². The number of nitrogens with one attached hydrogen (secondary N) is 2. The second-order valence-corrected chi connectivity index (χ2v) is 4.85. The molecule has 126 valence electrons. The number of para-hydroxylation sites is 2. The predicted octanol–water partition coefficient (Wildman–Crippen LogP) is 2.66. The summed E-state index contributed by atoms with van der Waals surface area (Å²) >= 11 is 0. The Labute approximate surface area is 141 Å². The molecule has 0 spiro atoms. The van der Waals surface area contributed by atoms with Gasteiger partial charge in [0.15, 0.2) is 0 Å². The Morgan fingerprint density at radius 3 is 2.62 bits per heavy atom. The molecule has 0 radical (unpaired) electrons. The van der Waals surface area contributed by atoms with Crippen molar-refractivity contribution in [3.8, 4) is 11.5 Å². The molecule has 1 amide bonds. The molecule has 0 aliphatic heterocycles. The molecular formula is C18H21N3O3. The lowest BCUT2D eigenvalue weighted by Crippen LogP contribution is -2.26. The third-order valence-corrected chi connectivity index (χ3v) is 3.14. The van der Waals surface area contributed by atoms with Crippen molar-refractivity contribution in [2.75, 3.05) is 25.6 Å². The van der Waals surface area contributed by atoms with Crippen LogP contribution in [0.25, 0.3) is 0 Å². The van der Waals surface area contributed by atoms with Crippen LogP contribution in [0.5, 0.6) is 11.5 Å². The molecule has 2 aromatic rings. The fourth-order valence-electron chi connectivity index (χ4n) is 2.00. The SMILES string of the molecule is CCOc1ccc(/C=N\NC(=O)CNc2ccccc2OC)cc1. The van der Waals surface area contributed by atoms with Crippen molar-refractivity contribution in [2.45, 2.75) is 6.92 Å². The fourth-order valence-corrected chi connectivity index (χ4v) is 2.00. The number of hydrogen-bond donors (Lipinski definition) is 2. The lowest BCUT2D eigenvalue weighted by Gasteiger charge is -2.09. The zero-order valence-corrected chi connectivity index (χ0v) is 13.8. The minimum Gasteiger partial charge on any atom is -0.495 e. The monoisotopic (exact) mass is 327 g/mol. The van der Waals surface area contributed by atoms with Gasteiger partial charge < -0.3 is 14.8 Å². The summed E-state index contributed by atoms with van der Waals surface area (Å²) in [6.45, 7) is 2.66. The highest BCUT2D eigenvalue weighted by Crippen LogP contribution is 2.22. The van der Waals surface area contributed by atoms with E-state index in [0.717, 1.165) is 17.0 Å². The van der Waals surface area contributed by atoms with E-state index in [1.807, 2.05) is 55.5 Å². The number of methoxy groups -OCH3 is 1. The van der Waals surface area contributed by atoms with E-state index >= 15 is 0 Å².